The summed E-state index contributed by atoms with van der Waals surface area (Å²) in [6.45, 7) is 1.79. The number of aryl methyl sites for hydroxylation is 1. The standard InChI is InChI=1S/C16H14ClN3O3S2/c1-9-8-11(17)4-5-12(9)20-25(21,22)14-7-6-13(24-14)16-19-18-15(23-16)10-2-3-10/h4-8,10,20H,2-3H2,1H3. The Labute approximate surface area is 153 Å². The van der Waals surface area contributed by atoms with Gasteiger partial charge in [0.25, 0.3) is 15.9 Å². The van der Waals surface area contributed by atoms with Gasteiger partial charge in [0.1, 0.15) is 4.21 Å². The predicted octanol–water partition coefficient (Wildman–Crippen LogP) is 4.44. The lowest BCUT2D eigenvalue weighted by atomic mass is 10.2. The number of benzene rings is 1. The molecular formula is C16H14ClN3O3S2. The minimum Gasteiger partial charge on any atom is -0.420 e. The van der Waals surface area contributed by atoms with Gasteiger partial charge in [0.05, 0.1) is 10.6 Å². The van der Waals surface area contributed by atoms with Gasteiger partial charge in [0.2, 0.25) is 5.89 Å². The van der Waals surface area contributed by atoms with E-state index in [-0.39, 0.29) is 4.21 Å². The molecule has 4 rings (SSSR count). The highest BCUT2D eigenvalue weighted by Gasteiger charge is 2.30. The van der Waals surface area contributed by atoms with Gasteiger partial charge in [0.15, 0.2) is 0 Å². The average molecular weight is 396 g/mol. The van der Waals surface area contributed by atoms with Crippen LogP contribution in [0.3, 0.4) is 0 Å². The third-order valence-electron chi connectivity index (χ3n) is 3.86. The van der Waals surface area contributed by atoms with Crippen molar-refractivity contribution in [1.82, 2.24) is 10.2 Å². The first kappa shape index (κ1) is 16.6. The van der Waals surface area contributed by atoms with Gasteiger partial charge in [-0.1, -0.05) is 11.6 Å². The number of halogens is 1. The highest BCUT2D eigenvalue weighted by atomic mass is 35.5. The smallest absolute Gasteiger partial charge is 0.271 e. The normalized spacial score (nSPS) is 14.6. The topological polar surface area (TPSA) is 85.1 Å². The Morgan fingerprint density at radius 1 is 1.24 bits per heavy atom. The maximum absolute atomic E-state index is 12.6. The van der Waals surface area contributed by atoms with Gasteiger partial charge < -0.3 is 4.42 Å². The predicted molar refractivity (Wildman–Crippen MR) is 96.6 cm³/mol. The average Bonchev–Trinajstić information content (AvgIpc) is 3.09. The minimum atomic E-state index is -3.70. The molecule has 0 spiro atoms. The molecule has 6 nitrogen and oxygen atoms in total. The highest BCUT2D eigenvalue weighted by Crippen LogP contribution is 2.40. The molecule has 2 heterocycles. The van der Waals surface area contributed by atoms with Crippen molar-refractivity contribution in [3.63, 3.8) is 0 Å². The van der Waals surface area contributed by atoms with Crippen molar-refractivity contribution in [3.05, 3.63) is 46.8 Å². The molecule has 0 aliphatic heterocycles. The Morgan fingerprint density at radius 3 is 2.76 bits per heavy atom. The Hall–Kier alpha value is -1.90. The van der Waals surface area contributed by atoms with Crippen molar-refractivity contribution >= 4 is 38.6 Å². The zero-order valence-electron chi connectivity index (χ0n) is 13.2. The van der Waals surface area contributed by atoms with Crippen LogP contribution in [-0.2, 0) is 10.0 Å². The molecule has 0 amide bonds. The number of anilines is 1. The van der Waals surface area contributed by atoms with Crippen molar-refractivity contribution in [1.29, 1.82) is 0 Å². The second-order valence-corrected chi connectivity index (χ2v) is 9.33. The quantitative estimate of drug-likeness (QED) is 0.690. The van der Waals surface area contributed by atoms with Crippen LogP contribution in [0.2, 0.25) is 5.02 Å². The molecule has 0 unspecified atom stereocenters. The van der Waals surface area contributed by atoms with Crippen LogP contribution >= 0.6 is 22.9 Å². The van der Waals surface area contributed by atoms with Crippen molar-refractivity contribution in [2.24, 2.45) is 0 Å². The molecular weight excluding hydrogens is 382 g/mol. The molecule has 0 bridgehead atoms. The fourth-order valence-corrected chi connectivity index (χ4v) is 4.93. The number of thiophene rings is 1. The van der Waals surface area contributed by atoms with Gasteiger partial charge >= 0.3 is 0 Å². The van der Waals surface area contributed by atoms with E-state index in [1.54, 1.807) is 31.2 Å². The Bertz CT molecular complexity index is 1040. The van der Waals surface area contributed by atoms with E-state index in [2.05, 4.69) is 14.9 Å². The molecule has 25 heavy (non-hydrogen) atoms. The fraction of sp³-hybridized carbons (Fsp3) is 0.250. The molecule has 9 heteroatoms. The minimum absolute atomic E-state index is 0.183. The van der Waals surface area contributed by atoms with E-state index in [0.717, 1.165) is 29.7 Å². The van der Waals surface area contributed by atoms with Crippen molar-refractivity contribution in [3.8, 4) is 10.8 Å². The number of hydrogen-bond acceptors (Lipinski definition) is 6. The number of hydrogen-bond donors (Lipinski definition) is 1. The van der Waals surface area contributed by atoms with E-state index in [0.29, 0.717) is 33.3 Å². The van der Waals surface area contributed by atoms with E-state index in [1.165, 1.54) is 6.07 Å². The number of nitrogens with zero attached hydrogens (tertiary/aromatic N) is 2. The van der Waals surface area contributed by atoms with Crippen LogP contribution in [0.25, 0.3) is 10.8 Å². The number of aromatic nitrogens is 2. The summed E-state index contributed by atoms with van der Waals surface area (Å²) in [5.41, 5.74) is 1.24. The summed E-state index contributed by atoms with van der Waals surface area (Å²) in [7, 11) is -3.70. The molecule has 1 saturated carbocycles. The highest BCUT2D eigenvalue weighted by molar-refractivity contribution is 7.94. The van der Waals surface area contributed by atoms with Crippen molar-refractivity contribution < 1.29 is 12.8 Å². The lowest BCUT2D eigenvalue weighted by molar-refractivity contribution is 0.509. The number of nitrogens with one attached hydrogen (secondary N) is 1. The molecule has 1 aliphatic rings. The molecule has 130 valence electrons. The van der Waals surface area contributed by atoms with Crippen LogP contribution in [0, 0.1) is 6.92 Å². The summed E-state index contributed by atoms with van der Waals surface area (Å²) in [6.07, 6.45) is 2.13. The molecule has 1 aliphatic carbocycles. The maximum Gasteiger partial charge on any atom is 0.271 e. The molecule has 1 fully saturated rings. The van der Waals surface area contributed by atoms with E-state index in [4.69, 9.17) is 16.0 Å². The van der Waals surface area contributed by atoms with Crippen LogP contribution in [0.4, 0.5) is 5.69 Å². The van der Waals surface area contributed by atoms with Gasteiger partial charge in [-0.25, -0.2) is 8.42 Å². The fourth-order valence-electron chi connectivity index (χ4n) is 2.35. The molecule has 3 aromatic rings. The SMILES string of the molecule is Cc1cc(Cl)ccc1NS(=O)(=O)c1ccc(-c2nnc(C3CC3)o2)s1. The Morgan fingerprint density at radius 2 is 2.04 bits per heavy atom. The van der Waals surface area contributed by atoms with E-state index >= 15 is 0 Å². The van der Waals surface area contributed by atoms with E-state index < -0.39 is 10.0 Å². The number of sulfonamides is 1. The van der Waals surface area contributed by atoms with Crippen molar-refractivity contribution in [2.45, 2.75) is 29.9 Å². The van der Waals surface area contributed by atoms with Gasteiger partial charge in [-0.05, 0) is 55.7 Å². The third-order valence-corrected chi connectivity index (χ3v) is 7.02. The Balaban J connectivity index is 1.59. The lowest BCUT2D eigenvalue weighted by Crippen LogP contribution is -2.12. The lowest BCUT2D eigenvalue weighted by Gasteiger charge is -2.09. The summed E-state index contributed by atoms with van der Waals surface area (Å²) in [4.78, 5) is 0.632. The second-order valence-electron chi connectivity index (χ2n) is 5.90. The molecule has 0 radical (unpaired) electrons. The van der Waals surface area contributed by atoms with Gasteiger partial charge in [-0.2, -0.15) is 0 Å². The summed E-state index contributed by atoms with van der Waals surface area (Å²) in [5, 5.41) is 8.60. The first-order valence-corrected chi connectivity index (χ1v) is 10.3. The summed E-state index contributed by atoms with van der Waals surface area (Å²) < 4.78 is 33.6. The van der Waals surface area contributed by atoms with Crippen LogP contribution in [-0.4, -0.2) is 18.6 Å². The van der Waals surface area contributed by atoms with Gasteiger partial charge in [-0.3, -0.25) is 4.72 Å². The third kappa shape index (κ3) is 3.42. The van der Waals surface area contributed by atoms with Gasteiger partial charge in [0, 0.05) is 10.9 Å². The summed E-state index contributed by atoms with van der Waals surface area (Å²) in [6, 6.07) is 8.21. The zero-order valence-corrected chi connectivity index (χ0v) is 15.6. The van der Waals surface area contributed by atoms with E-state index in [9.17, 15) is 8.42 Å². The van der Waals surface area contributed by atoms with Crippen LogP contribution < -0.4 is 4.72 Å². The van der Waals surface area contributed by atoms with Crippen LogP contribution in [0.1, 0.15) is 30.2 Å². The largest absolute Gasteiger partial charge is 0.420 e. The second kappa shape index (κ2) is 6.12. The summed E-state index contributed by atoms with van der Waals surface area (Å²) >= 11 is 7.00. The van der Waals surface area contributed by atoms with E-state index in [1.807, 2.05) is 0 Å². The molecule has 0 atom stereocenters. The number of rotatable bonds is 5. The van der Waals surface area contributed by atoms with Gasteiger partial charge in [-0.15, -0.1) is 21.5 Å². The Kier molecular flexibility index (Phi) is 4.05. The molecule has 1 aromatic carbocycles. The monoisotopic (exact) mass is 395 g/mol. The van der Waals surface area contributed by atoms with Crippen LogP contribution in [0.5, 0.6) is 0 Å². The first-order valence-electron chi connectivity index (χ1n) is 7.65. The molecule has 1 N–H and O–H groups in total. The van der Waals surface area contributed by atoms with Crippen LogP contribution in [0.15, 0.2) is 39.0 Å². The zero-order chi connectivity index (χ0) is 17.6. The first-order chi connectivity index (χ1) is 11.9. The van der Waals surface area contributed by atoms with Crippen molar-refractivity contribution in [2.75, 3.05) is 4.72 Å². The maximum atomic E-state index is 12.6. The molecule has 2 aromatic heterocycles. The molecule has 0 saturated heterocycles. The summed E-state index contributed by atoms with van der Waals surface area (Å²) in [5.74, 6) is 1.35.